The van der Waals surface area contributed by atoms with E-state index in [2.05, 4.69) is 25.6 Å². The van der Waals surface area contributed by atoms with Gasteiger partial charge in [-0.15, -0.1) is 0 Å². The Bertz CT molecular complexity index is 607. The number of primary amides is 1. The average molecular weight is 272 g/mol. The lowest BCUT2D eigenvalue weighted by molar-refractivity contribution is -0.384. The van der Waals surface area contributed by atoms with Crippen molar-refractivity contribution >= 4 is 12.1 Å². The number of nitrogens with zero attached hydrogens (tertiary/aromatic N) is 1. The van der Waals surface area contributed by atoms with E-state index in [1.165, 1.54) is 23.3 Å². The summed E-state index contributed by atoms with van der Waals surface area (Å²) in [5.74, 6) is 0. The van der Waals surface area contributed by atoms with Crippen molar-refractivity contribution in [1.82, 2.24) is 0 Å². The number of hydrogen-bond donors (Lipinski definition) is 1. The third-order valence-electron chi connectivity index (χ3n) is 2.99. The van der Waals surface area contributed by atoms with Gasteiger partial charge in [0.2, 0.25) is 6.41 Å². The summed E-state index contributed by atoms with van der Waals surface area (Å²) in [4.78, 5) is 18.8. The topological polar surface area (TPSA) is 86.2 Å². The van der Waals surface area contributed by atoms with E-state index in [0.717, 1.165) is 11.1 Å². The van der Waals surface area contributed by atoms with Crippen LogP contribution in [-0.4, -0.2) is 11.3 Å². The molecule has 0 aliphatic heterocycles. The molecule has 104 valence electrons. The fourth-order valence-electron chi connectivity index (χ4n) is 1.83. The summed E-state index contributed by atoms with van der Waals surface area (Å²) in [7, 11) is 0. The highest BCUT2D eigenvalue weighted by Gasteiger charge is 2.07. The van der Waals surface area contributed by atoms with Gasteiger partial charge < -0.3 is 5.73 Å². The molecule has 0 atom stereocenters. The van der Waals surface area contributed by atoms with Crippen LogP contribution in [0.15, 0.2) is 42.5 Å². The highest BCUT2D eigenvalue weighted by atomic mass is 16.6. The van der Waals surface area contributed by atoms with Crippen LogP contribution in [0.5, 0.6) is 0 Å². The Labute approximate surface area is 117 Å². The van der Waals surface area contributed by atoms with Gasteiger partial charge in [-0.3, -0.25) is 14.9 Å². The molecule has 0 fully saturated rings. The number of non-ortho nitro benzene ring substituents is 1. The van der Waals surface area contributed by atoms with Crippen LogP contribution >= 0.6 is 0 Å². The van der Waals surface area contributed by atoms with Crippen molar-refractivity contribution in [2.45, 2.75) is 13.8 Å². The predicted molar refractivity (Wildman–Crippen MR) is 78.3 cm³/mol. The first kappa shape index (κ1) is 15.4. The lowest BCUT2D eigenvalue weighted by atomic mass is 9.97. The molecule has 0 aromatic heterocycles. The van der Waals surface area contributed by atoms with Crippen molar-refractivity contribution in [3.63, 3.8) is 0 Å². The first-order valence-corrected chi connectivity index (χ1v) is 5.97. The second-order valence-corrected chi connectivity index (χ2v) is 4.19. The third kappa shape index (κ3) is 3.65. The largest absolute Gasteiger partial charge is 0.372 e. The predicted octanol–water partition coefficient (Wildman–Crippen LogP) is 2.98. The van der Waals surface area contributed by atoms with Crippen molar-refractivity contribution in [3.05, 3.63) is 63.7 Å². The van der Waals surface area contributed by atoms with Gasteiger partial charge in [0.25, 0.3) is 5.69 Å². The van der Waals surface area contributed by atoms with Crippen LogP contribution in [0.4, 0.5) is 5.69 Å². The molecule has 0 saturated carbocycles. The van der Waals surface area contributed by atoms with E-state index in [1.807, 2.05) is 12.1 Å². The highest BCUT2D eigenvalue weighted by molar-refractivity contribution is 5.69. The van der Waals surface area contributed by atoms with Gasteiger partial charge in [-0.1, -0.05) is 18.2 Å². The summed E-state index contributed by atoms with van der Waals surface area (Å²) in [6, 6.07) is 12.8. The molecule has 20 heavy (non-hydrogen) atoms. The zero-order valence-electron chi connectivity index (χ0n) is 11.4. The van der Waals surface area contributed by atoms with Crippen molar-refractivity contribution in [3.8, 4) is 11.1 Å². The van der Waals surface area contributed by atoms with Crippen LogP contribution in [0.25, 0.3) is 11.1 Å². The SMILES string of the molecule is Cc1cccc(-c2ccc([N+](=O)[O-])cc2)c1C.NC=O. The molecule has 0 radical (unpaired) electrons. The number of amides is 1. The Balaban J connectivity index is 0.000000612. The Morgan fingerprint density at radius 1 is 1.10 bits per heavy atom. The Hall–Kier alpha value is -2.69. The minimum absolute atomic E-state index is 0.124. The van der Waals surface area contributed by atoms with Gasteiger partial charge in [0.05, 0.1) is 4.92 Å². The number of nitrogens with two attached hydrogens (primary N) is 1. The summed E-state index contributed by atoms with van der Waals surface area (Å²) in [6.45, 7) is 4.12. The van der Waals surface area contributed by atoms with Crippen LogP contribution in [0.3, 0.4) is 0 Å². The van der Waals surface area contributed by atoms with Gasteiger partial charge >= 0.3 is 0 Å². The summed E-state index contributed by atoms with van der Waals surface area (Å²) in [5, 5.41) is 10.6. The lowest BCUT2D eigenvalue weighted by Crippen LogP contribution is -1.89. The first-order chi connectivity index (χ1) is 9.51. The quantitative estimate of drug-likeness (QED) is 0.518. The van der Waals surface area contributed by atoms with Gasteiger partial charge in [-0.25, -0.2) is 0 Å². The highest BCUT2D eigenvalue weighted by Crippen LogP contribution is 2.26. The van der Waals surface area contributed by atoms with E-state index < -0.39 is 0 Å². The summed E-state index contributed by atoms with van der Waals surface area (Å²) in [5.41, 5.74) is 8.86. The zero-order valence-corrected chi connectivity index (χ0v) is 11.4. The van der Waals surface area contributed by atoms with Gasteiger partial charge in [-0.2, -0.15) is 0 Å². The van der Waals surface area contributed by atoms with E-state index in [1.54, 1.807) is 12.1 Å². The van der Waals surface area contributed by atoms with E-state index in [4.69, 9.17) is 4.79 Å². The fraction of sp³-hybridized carbons (Fsp3) is 0.133. The molecule has 0 aliphatic carbocycles. The molecular weight excluding hydrogens is 256 g/mol. The molecule has 0 bridgehead atoms. The molecule has 0 unspecified atom stereocenters. The number of carbonyl (C=O) groups excluding carboxylic acids is 1. The maximum atomic E-state index is 10.6. The monoisotopic (exact) mass is 272 g/mol. The van der Waals surface area contributed by atoms with E-state index in [-0.39, 0.29) is 17.0 Å². The van der Waals surface area contributed by atoms with Gasteiger partial charge in [0.15, 0.2) is 0 Å². The number of nitro benzene ring substituents is 1. The van der Waals surface area contributed by atoms with Crippen molar-refractivity contribution < 1.29 is 9.72 Å². The molecule has 2 aromatic carbocycles. The molecular formula is C15H16N2O3. The standard InChI is InChI=1S/C14H13NO2.CH3NO/c1-10-4-3-5-14(11(10)2)12-6-8-13(9-7-12)15(16)17;2-1-3/h3-9H,1-2H3;1H,(H2,2,3). The Kier molecular flexibility index (Phi) is 5.41. The first-order valence-electron chi connectivity index (χ1n) is 5.97. The number of benzene rings is 2. The zero-order chi connectivity index (χ0) is 15.1. The molecule has 2 N–H and O–H groups in total. The molecule has 5 heteroatoms. The summed E-state index contributed by atoms with van der Waals surface area (Å²) < 4.78 is 0. The van der Waals surface area contributed by atoms with Crippen LogP contribution in [-0.2, 0) is 4.79 Å². The number of nitro groups is 1. The fourth-order valence-corrected chi connectivity index (χ4v) is 1.83. The van der Waals surface area contributed by atoms with Gasteiger partial charge in [0.1, 0.15) is 0 Å². The van der Waals surface area contributed by atoms with Crippen molar-refractivity contribution in [2.75, 3.05) is 0 Å². The van der Waals surface area contributed by atoms with E-state index >= 15 is 0 Å². The molecule has 0 heterocycles. The smallest absolute Gasteiger partial charge is 0.269 e. The van der Waals surface area contributed by atoms with E-state index in [9.17, 15) is 10.1 Å². The Morgan fingerprint density at radius 3 is 2.15 bits per heavy atom. The van der Waals surface area contributed by atoms with Crippen molar-refractivity contribution in [2.24, 2.45) is 5.73 Å². The second-order valence-electron chi connectivity index (χ2n) is 4.19. The third-order valence-corrected chi connectivity index (χ3v) is 2.99. The van der Waals surface area contributed by atoms with Crippen molar-refractivity contribution in [1.29, 1.82) is 0 Å². The number of rotatable bonds is 2. The maximum Gasteiger partial charge on any atom is 0.269 e. The van der Waals surface area contributed by atoms with Gasteiger partial charge in [-0.05, 0) is 48.2 Å². The number of hydrogen-bond acceptors (Lipinski definition) is 3. The van der Waals surface area contributed by atoms with E-state index in [0.29, 0.717) is 0 Å². The molecule has 0 spiro atoms. The van der Waals surface area contributed by atoms with Crippen LogP contribution in [0, 0.1) is 24.0 Å². The average Bonchev–Trinajstić information content (AvgIpc) is 2.43. The molecule has 5 nitrogen and oxygen atoms in total. The maximum absolute atomic E-state index is 10.6. The minimum Gasteiger partial charge on any atom is -0.372 e. The molecule has 0 aliphatic rings. The Morgan fingerprint density at radius 2 is 1.65 bits per heavy atom. The molecule has 1 amide bonds. The number of carbonyl (C=O) groups is 1. The van der Waals surface area contributed by atoms with Crippen LogP contribution in [0.1, 0.15) is 11.1 Å². The van der Waals surface area contributed by atoms with Crippen LogP contribution < -0.4 is 5.73 Å². The minimum atomic E-state index is -0.382. The number of aryl methyl sites for hydroxylation is 1. The second kappa shape index (κ2) is 7.04. The summed E-state index contributed by atoms with van der Waals surface area (Å²) >= 11 is 0. The summed E-state index contributed by atoms with van der Waals surface area (Å²) in [6.07, 6.45) is 0.250. The normalized spacial score (nSPS) is 9.30. The molecule has 2 rings (SSSR count). The van der Waals surface area contributed by atoms with Crippen LogP contribution in [0.2, 0.25) is 0 Å². The lowest BCUT2D eigenvalue weighted by Gasteiger charge is -2.08. The molecule has 0 saturated heterocycles. The van der Waals surface area contributed by atoms with Gasteiger partial charge in [0, 0.05) is 12.1 Å². The molecule has 2 aromatic rings.